The maximum Gasteiger partial charge on any atom is 0.129 e. The highest BCUT2D eigenvalue weighted by Gasteiger charge is 2.36. The maximum absolute atomic E-state index is 14.1. The highest BCUT2D eigenvalue weighted by molar-refractivity contribution is 9.10. The fourth-order valence-electron chi connectivity index (χ4n) is 4.22. The molecule has 7 heteroatoms. The highest BCUT2D eigenvalue weighted by Crippen LogP contribution is 2.32. The van der Waals surface area contributed by atoms with E-state index in [-0.39, 0.29) is 23.8 Å². The third-order valence-electron chi connectivity index (χ3n) is 5.78. The number of hydrogen-bond donors (Lipinski definition) is 1. The van der Waals surface area contributed by atoms with E-state index in [1.54, 1.807) is 0 Å². The van der Waals surface area contributed by atoms with Gasteiger partial charge in [-0.1, -0.05) is 15.9 Å². The second kappa shape index (κ2) is 9.08. The van der Waals surface area contributed by atoms with Crippen LogP contribution in [0.4, 0.5) is 8.78 Å². The largest absolute Gasteiger partial charge is 0.490 e. The summed E-state index contributed by atoms with van der Waals surface area (Å²) >= 11 is 3.43. The fraction of sp³-hybridized carbons (Fsp3) is 0.455. The molecule has 0 spiro atoms. The number of likely N-dealkylation sites (tertiary alicyclic amines) is 1. The van der Waals surface area contributed by atoms with E-state index in [0.717, 1.165) is 48.3 Å². The van der Waals surface area contributed by atoms with Crippen molar-refractivity contribution in [3.05, 3.63) is 64.1 Å². The van der Waals surface area contributed by atoms with Crippen molar-refractivity contribution in [3.63, 3.8) is 0 Å². The van der Waals surface area contributed by atoms with Crippen molar-refractivity contribution >= 4 is 15.9 Å². The molecule has 29 heavy (non-hydrogen) atoms. The molecule has 4 nitrogen and oxygen atoms in total. The first kappa shape index (κ1) is 20.7. The number of ether oxygens (including phenoxy) is 2. The SMILES string of the molecule is N[C@H]1CC(N2CCC(Oc3ccc(Br)cc3)CC2)CO[C@@H]1c1cc(F)ccc1F. The average molecular weight is 467 g/mol. The molecule has 0 radical (unpaired) electrons. The van der Waals surface area contributed by atoms with Crippen molar-refractivity contribution in [2.24, 2.45) is 5.73 Å². The Kier molecular flexibility index (Phi) is 6.49. The summed E-state index contributed by atoms with van der Waals surface area (Å²) in [6.45, 7) is 2.27. The molecule has 2 N–H and O–H groups in total. The zero-order valence-electron chi connectivity index (χ0n) is 16.1. The Balaban J connectivity index is 1.30. The molecule has 0 amide bonds. The Morgan fingerprint density at radius 2 is 1.79 bits per heavy atom. The predicted octanol–water partition coefficient (Wildman–Crippen LogP) is 4.43. The molecular weight excluding hydrogens is 442 g/mol. The average Bonchev–Trinajstić information content (AvgIpc) is 2.72. The molecule has 4 rings (SSSR count). The Labute approximate surface area is 178 Å². The van der Waals surface area contributed by atoms with E-state index in [1.165, 1.54) is 6.07 Å². The Morgan fingerprint density at radius 1 is 1.07 bits per heavy atom. The van der Waals surface area contributed by atoms with Crippen molar-refractivity contribution in [3.8, 4) is 5.75 Å². The monoisotopic (exact) mass is 466 g/mol. The molecule has 0 aromatic heterocycles. The van der Waals surface area contributed by atoms with E-state index in [4.69, 9.17) is 15.2 Å². The minimum Gasteiger partial charge on any atom is -0.490 e. The molecule has 156 valence electrons. The van der Waals surface area contributed by atoms with Crippen LogP contribution in [0.2, 0.25) is 0 Å². The molecule has 2 saturated heterocycles. The van der Waals surface area contributed by atoms with E-state index in [9.17, 15) is 8.78 Å². The van der Waals surface area contributed by atoms with Crippen LogP contribution in [0, 0.1) is 11.6 Å². The van der Waals surface area contributed by atoms with Crippen molar-refractivity contribution < 1.29 is 18.3 Å². The van der Waals surface area contributed by atoms with Gasteiger partial charge in [0, 0.05) is 35.2 Å². The van der Waals surface area contributed by atoms with Gasteiger partial charge in [-0.25, -0.2) is 8.78 Å². The van der Waals surface area contributed by atoms with Gasteiger partial charge in [0.2, 0.25) is 0 Å². The van der Waals surface area contributed by atoms with Gasteiger partial charge in [-0.15, -0.1) is 0 Å². The van der Waals surface area contributed by atoms with Gasteiger partial charge in [-0.05, 0) is 61.7 Å². The van der Waals surface area contributed by atoms with Crippen LogP contribution in [0.1, 0.15) is 30.9 Å². The third-order valence-corrected chi connectivity index (χ3v) is 6.30. The summed E-state index contributed by atoms with van der Waals surface area (Å²) in [4.78, 5) is 2.37. The van der Waals surface area contributed by atoms with Gasteiger partial charge in [0.1, 0.15) is 29.6 Å². The molecule has 2 aliphatic heterocycles. The molecule has 1 unspecified atom stereocenters. The number of rotatable bonds is 4. The minimum absolute atomic E-state index is 0.187. The van der Waals surface area contributed by atoms with Crippen molar-refractivity contribution in [2.75, 3.05) is 19.7 Å². The first-order valence-corrected chi connectivity index (χ1v) is 10.8. The number of piperidine rings is 1. The summed E-state index contributed by atoms with van der Waals surface area (Å²) < 4.78 is 40.6. The van der Waals surface area contributed by atoms with Gasteiger partial charge in [0.25, 0.3) is 0 Å². The predicted molar refractivity (Wildman–Crippen MR) is 111 cm³/mol. The van der Waals surface area contributed by atoms with E-state index in [2.05, 4.69) is 20.8 Å². The molecule has 0 saturated carbocycles. The summed E-state index contributed by atoms with van der Waals surface area (Å²) in [5.41, 5.74) is 6.51. The van der Waals surface area contributed by atoms with Gasteiger partial charge in [0.05, 0.1) is 6.61 Å². The van der Waals surface area contributed by atoms with Gasteiger partial charge in [0.15, 0.2) is 0 Å². The minimum atomic E-state index is -0.611. The highest BCUT2D eigenvalue weighted by atomic mass is 79.9. The molecule has 2 aromatic carbocycles. The van der Waals surface area contributed by atoms with Crippen molar-refractivity contribution in [1.29, 1.82) is 0 Å². The lowest BCUT2D eigenvalue weighted by molar-refractivity contribution is -0.0609. The Morgan fingerprint density at radius 3 is 2.48 bits per heavy atom. The molecule has 3 atom stereocenters. The van der Waals surface area contributed by atoms with Crippen LogP contribution in [0.5, 0.6) is 5.75 Å². The first-order chi connectivity index (χ1) is 14.0. The lowest BCUT2D eigenvalue weighted by Crippen LogP contribution is -2.52. The quantitative estimate of drug-likeness (QED) is 0.723. The number of hydrogen-bond acceptors (Lipinski definition) is 4. The summed E-state index contributed by atoms with van der Waals surface area (Å²) in [6, 6.07) is 11.1. The topological polar surface area (TPSA) is 47.7 Å². The third kappa shape index (κ3) is 4.97. The number of halogens is 3. The summed E-state index contributed by atoms with van der Waals surface area (Å²) in [7, 11) is 0. The van der Waals surface area contributed by atoms with E-state index >= 15 is 0 Å². The normalized spacial score (nSPS) is 26.4. The smallest absolute Gasteiger partial charge is 0.129 e. The van der Waals surface area contributed by atoms with Crippen LogP contribution in [-0.2, 0) is 4.74 Å². The summed E-state index contributed by atoms with van der Waals surface area (Å²) in [5.74, 6) is -0.0713. The van der Waals surface area contributed by atoms with Crippen LogP contribution in [0.3, 0.4) is 0 Å². The van der Waals surface area contributed by atoms with Crippen molar-refractivity contribution in [1.82, 2.24) is 4.90 Å². The molecule has 0 bridgehead atoms. The molecule has 2 aliphatic rings. The molecular formula is C22H25BrF2N2O2. The number of nitrogens with two attached hydrogens (primary N) is 1. The molecule has 2 aromatic rings. The van der Waals surface area contributed by atoms with Gasteiger partial charge in [-0.3, -0.25) is 4.90 Å². The summed E-state index contributed by atoms with van der Waals surface area (Å²) in [5, 5.41) is 0. The zero-order valence-corrected chi connectivity index (χ0v) is 17.7. The van der Waals surface area contributed by atoms with Gasteiger partial charge in [-0.2, -0.15) is 0 Å². The van der Waals surface area contributed by atoms with Crippen LogP contribution in [-0.4, -0.2) is 42.8 Å². The van der Waals surface area contributed by atoms with E-state index < -0.39 is 17.7 Å². The number of nitrogens with zero attached hydrogens (tertiary/aromatic N) is 1. The van der Waals surface area contributed by atoms with Gasteiger partial charge >= 0.3 is 0 Å². The lowest BCUT2D eigenvalue weighted by atomic mass is 9.92. The lowest BCUT2D eigenvalue weighted by Gasteiger charge is -2.42. The van der Waals surface area contributed by atoms with Gasteiger partial charge < -0.3 is 15.2 Å². The van der Waals surface area contributed by atoms with Crippen LogP contribution in [0.15, 0.2) is 46.9 Å². The van der Waals surface area contributed by atoms with Crippen LogP contribution < -0.4 is 10.5 Å². The van der Waals surface area contributed by atoms with E-state index in [0.29, 0.717) is 13.0 Å². The summed E-state index contributed by atoms with van der Waals surface area (Å²) in [6.07, 6.45) is 2.15. The Bertz CT molecular complexity index is 828. The second-order valence-electron chi connectivity index (χ2n) is 7.78. The second-order valence-corrected chi connectivity index (χ2v) is 8.70. The molecule has 2 fully saturated rings. The molecule has 2 heterocycles. The number of benzene rings is 2. The van der Waals surface area contributed by atoms with E-state index in [1.807, 2.05) is 24.3 Å². The fourth-order valence-corrected chi connectivity index (χ4v) is 4.48. The molecule has 0 aliphatic carbocycles. The van der Waals surface area contributed by atoms with Crippen LogP contribution in [0.25, 0.3) is 0 Å². The standard InChI is InChI=1S/C22H25BrF2N2O2/c23-14-1-4-17(5-2-14)29-18-7-9-27(10-8-18)16-12-21(26)22(28-13-16)19-11-15(24)3-6-20(19)25/h1-6,11,16,18,21-22H,7-10,12-13,26H2/t16?,21-,22+/m0/s1. The Hall–Kier alpha value is -1.54. The van der Waals surface area contributed by atoms with Crippen molar-refractivity contribution in [2.45, 2.75) is 43.6 Å². The zero-order chi connectivity index (χ0) is 20.4. The first-order valence-electron chi connectivity index (χ1n) is 9.98. The van der Waals surface area contributed by atoms with Crippen LogP contribution >= 0.6 is 15.9 Å². The maximum atomic E-state index is 14.1.